The molecule has 0 aromatic carbocycles. The monoisotopic (exact) mass is 212 g/mol. The van der Waals surface area contributed by atoms with Gasteiger partial charge in [0.15, 0.2) is 0 Å². The van der Waals surface area contributed by atoms with E-state index in [1.165, 1.54) is 0 Å². The molecular formula is C12H24N2O. The molecule has 88 valence electrons. The van der Waals surface area contributed by atoms with E-state index in [2.05, 4.69) is 27.7 Å². The molecule has 1 aliphatic heterocycles. The van der Waals surface area contributed by atoms with Crippen molar-refractivity contribution in [3.8, 4) is 0 Å². The number of likely N-dealkylation sites (tertiary alicyclic amines) is 1. The maximum atomic E-state index is 12.1. The van der Waals surface area contributed by atoms with E-state index < -0.39 is 0 Å². The van der Waals surface area contributed by atoms with Crippen molar-refractivity contribution in [3.05, 3.63) is 0 Å². The highest BCUT2D eigenvalue weighted by molar-refractivity contribution is 5.79. The molecule has 0 aromatic rings. The molecule has 0 saturated carbocycles. The molecule has 15 heavy (non-hydrogen) atoms. The largest absolute Gasteiger partial charge is 0.340 e. The first-order chi connectivity index (χ1) is 6.75. The average molecular weight is 212 g/mol. The molecule has 1 fully saturated rings. The lowest BCUT2D eigenvalue weighted by Gasteiger charge is -2.24. The first kappa shape index (κ1) is 12.5. The van der Waals surface area contributed by atoms with Gasteiger partial charge in [0.25, 0.3) is 0 Å². The van der Waals surface area contributed by atoms with Gasteiger partial charge in [0.1, 0.15) is 0 Å². The van der Waals surface area contributed by atoms with Crippen molar-refractivity contribution >= 4 is 5.91 Å². The standard InChI is InChI=1S/C12H24N2O/c1-8(2)9(3)11(15)14-6-10(13)12(4,5)7-14/h8-10H,6-7,13H2,1-5H3. The van der Waals surface area contributed by atoms with Gasteiger partial charge in [-0.05, 0) is 11.3 Å². The molecule has 0 aromatic heterocycles. The number of hydrogen-bond donors (Lipinski definition) is 1. The molecule has 1 aliphatic rings. The lowest BCUT2D eigenvalue weighted by molar-refractivity contribution is -0.135. The van der Waals surface area contributed by atoms with Crippen molar-refractivity contribution in [3.63, 3.8) is 0 Å². The molecule has 0 bridgehead atoms. The van der Waals surface area contributed by atoms with E-state index in [9.17, 15) is 4.79 Å². The van der Waals surface area contributed by atoms with Crippen LogP contribution in [0.3, 0.4) is 0 Å². The molecule has 1 heterocycles. The van der Waals surface area contributed by atoms with E-state index >= 15 is 0 Å². The van der Waals surface area contributed by atoms with Crippen molar-refractivity contribution in [2.24, 2.45) is 23.0 Å². The zero-order chi connectivity index (χ0) is 11.8. The summed E-state index contributed by atoms with van der Waals surface area (Å²) in [6.07, 6.45) is 0. The Morgan fingerprint density at radius 1 is 1.40 bits per heavy atom. The van der Waals surface area contributed by atoms with Crippen LogP contribution in [0.4, 0.5) is 0 Å². The van der Waals surface area contributed by atoms with Crippen molar-refractivity contribution < 1.29 is 4.79 Å². The molecule has 2 unspecified atom stereocenters. The first-order valence-corrected chi connectivity index (χ1v) is 5.80. The van der Waals surface area contributed by atoms with Gasteiger partial charge < -0.3 is 10.6 Å². The molecule has 3 heteroatoms. The fourth-order valence-corrected chi connectivity index (χ4v) is 1.90. The molecule has 1 saturated heterocycles. The highest BCUT2D eigenvalue weighted by Gasteiger charge is 2.40. The molecule has 1 amide bonds. The first-order valence-electron chi connectivity index (χ1n) is 5.80. The Bertz CT molecular complexity index is 248. The molecule has 1 rings (SSSR count). The second kappa shape index (κ2) is 4.12. The van der Waals surface area contributed by atoms with Crippen molar-refractivity contribution in [1.29, 1.82) is 0 Å². The quantitative estimate of drug-likeness (QED) is 0.753. The number of carbonyl (C=O) groups is 1. The van der Waals surface area contributed by atoms with Gasteiger partial charge in [-0.15, -0.1) is 0 Å². The summed E-state index contributed by atoms with van der Waals surface area (Å²) < 4.78 is 0. The van der Waals surface area contributed by atoms with Gasteiger partial charge in [0, 0.05) is 25.0 Å². The Hall–Kier alpha value is -0.570. The number of amides is 1. The van der Waals surface area contributed by atoms with E-state index in [1.54, 1.807) is 0 Å². The minimum absolute atomic E-state index is 0.0619. The maximum Gasteiger partial charge on any atom is 0.225 e. The Kier molecular flexibility index (Phi) is 3.44. The number of hydrogen-bond acceptors (Lipinski definition) is 2. The fourth-order valence-electron chi connectivity index (χ4n) is 1.90. The van der Waals surface area contributed by atoms with Gasteiger partial charge >= 0.3 is 0 Å². The zero-order valence-corrected chi connectivity index (χ0v) is 10.6. The Morgan fingerprint density at radius 2 is 1.93 bits per heavy atom. The summed E-state index contributed by atoms with van der Waals surface area (Å²) >= 11 is 0. The van der Waals surface area contributed by atoms with Gasteiger partial charge in [-0.1, -0.05) is 34.6 Å². The summed E-state index contributed by atoms with van der Waals surface area (Å²) in [6, 6.07) is 0.112. The molecule has 2 N–H and O–H groups in total. The maximum absolute atomic E-state index is 12.1. The molecule has 0 spiro atoms. The van der Waals surface area contributed by atoms with Crippen LogP contribution < -0.4 is 5.73 Å². The van der Waals surface area contributed by atoms with E-state index in [-0.39, 0.29) is 23.3 Å². The number of nitrogens with two attached hydrogens (primary N) is 1. The predicted octanol–water partition coefficient (Wildman–Crippen LogP) is 1.47. The van der Waals surface area contributed by atoms with E-state index in [4.69, 9.17) is 5.73 Å². The molecule has 2 atom stereocenters. The highest BCUT2D eigenvalue weighted by atomic mass is 16.2. The van der Waals surface area contributed by atoms with Crippen LogP contribution in [0.15, 0.2) is 0 Å². The van der Waals surface area contributed by atoms with E-state index in [1.807, 2.05) is 11.8 Å². The summed E-state index contributed by atoms with van der Waals surface area (Å²) in [5.74, 6) is 0.759. The van der Waals surface area contributed by atoms with Crippen LogP contribution in [0.2, 0.25) is 0 Å². The lowest BCUT2D eigenvalue weighted by Crippen LogP contribution is -2.37. The van der Waals surface area contributed by atoms with Gasteiger partial charge in [-0.2, -0.15) is 0 Å². The van der Waals surface area contributed by atoms with Crippen LogP contribution in [0, 0.1) is 17.3 Å². The predicted molar refractivity (Wildman–Crippen MR) is 62.3 cm³/mol. The van der Waals surface area contributed by atoms with Crippen LogP contribution >= 0.6 is 0 Å². The third-order valence-electron chi connectivity index (χ3n) is 3.72. The van der Waals surface area contributed by atoms with Crippen molar-refractivity contribution in [1.82, 2.24) is 4.90 Å². The summed E-state index contributed by atoms with van der Waals surface area (Å²) in [5.41, 5.74) is 6.08. The van der Waals surface area contributed by atoms with Crippen LogP contribution in [-0.2, 0) is 4.79 Å². The second-order valence-corrected chi connectivity index (χ2v) is 5.85. The summed E-state index contributed by atoms with van der Waals surface area (Å²) in [7, 11) is 0. The summed E-state index contributed by atoms with van der Waals surface area (Å²) in [6.45, 7) is 11.9. The van der Waals surface area contributed by atoms with Crippen LogP contribution in [0.25, 0.3) is 0 Å². The average Bonchev–Trinajstić information content (AvgIpc) is 2.39. The molecular weight excluding hydrogens is 188 g/mol. The number of nitrogens with zero attached hydrogens (tertiary/aromatic N) is 1. The number of rotatable bonds is 2. The van der Waals surface area contributed by atoms with Gasteiger partial charge in [-0.3, -0.25) is 4.79 Å². The molecule has 0 aliphatic carbocycles. The Balaban J connectivity index is 2.65. The van der Waals surface area contributed by atoms with E-state index in [0.717, 1.165) is 6.54 Å². The topological polar surface area (TPSA) is 46.3 Å². The minimum atomic E-state index is 0.0619. The van der Waals surface area contributed by atoms with Crippen LogP contribution in [0.1, 0.15) is 34.6 Å². The fraction of sp³-hybridized carbons (Fsp3) is 0.917. The lowest BCUT2D eigenvalue weighted by atomic mass is 9.88. The Morgan fingerprint density at radius 3 is 2.27 bits per heavy atom. The van der Waals surface area contributed by atoms with Crippen molar-refractivity contribution in [2.45, 2.75) is 40.7 Å². The second-order valence-electron chi connectivity index (χ2n) is 5.85. The van der Waals surface area contributed by atoms with Gasteiger partial charge in [0.05, 0.1) is 0 Å². The minimum Gasteiger partial charge on any atom is -0.340 e. The zero-order valence-electron chi connectivity index (χ0n) is 10.6. The third-order valence-corrected chi connectivity index (χ3v) is 3.72. The van der Waals surface area contributed by atoms with Gasteiger partial charge in [0.2, 0.25) is 5.91 Å². The molecule has 3 nitrogen and oxygen atoms in total. The SMILES string of the molecule is CC(C)C(C)C(=O)N1CC(N)C(C)(C)C1. The Labute approximate surface area is 93.0 Å². The third kappa shape index (κ3) is 2.51. The van der Waals surface area contributed by atoms with Crippen molar-refractivity contribution in [2.75, 3.05) is 13.1 Å². The van der Waals surface area contributed by atoms with E-state index in [0.29, 0.717) is 12.5 Å². The molecule has 0 radical (unpaired) electrons. The summed E-state index contributed by atoms with van der Waals surface area (Å²) in [4.78, 5) is 14.0. The smallest absolute Gasteiger partial charge is 0.225 e. The highest BCUT2D eigenvalue weighted by Crippen LogP contribution is 2.29. The number of carbonyl (C=O) groups excluding carboxylic acids is 1. The summed E-state index contributed by atoms with van der Waals surface area (Å²) in [5, 5.41) is 0. The van der Waals surface area contributed by atoms with Crippen LogP contribution in [-0.4, -0.2) is 29.9 Å². The van der Waals surface area contributed by atoms with Gasteiger partial charge in [-0.25, -0.2) is 0 Å². The van der Waals surface area contributed by atoms with Crippen LogP contribution in [0.5, 0.6) is 0 Å². The normalized spacial score (nSPS) is 27.1.